The van der Waals surface area contributed by atoms with Gasteiger partial charge in [-0.25, -0.2) is 4.98 Å². The lowest BCUT2D eigenvalue weighted by Crippen LogP contribution is -2.25. The van der Waals surface area contributed by atoms with E-state index in [0.717, 1.165) is 37.0 Å². The summed E-state index contributed by atoms with van der Waals surface area (Å²) in [5.74, 6) is 1.83. The molecule has 3 heterocycles. The maximum Gasteiger partial charge on any atom is 0.262 e. The van der Waals surface area contributed by atoms with Gasteiger partial charge in [-0.05, 0) is 38.0 Å². The van der Waals surface area contributed by atoms with E-state index in [0.29, 0.717) is 28.2 Å². The molecule has 0 atom stereocenters. The van der Waals surface area contributed by atoms with Crippen molar-refractivity contribution in [2.45, 2.75) is 51.5 Å². The first-order valence-electron chi connectivity index (χ1n) is 10.6. The van der Waals surface area contributed by atoms with Gasteiger partial charge in [-0.15, -0.1) is 5.10 Å². The van der Waals surface area contributed by atoms with E-state index in [2.05, 4.69) is 15.1 Å². The van der Waals surface area contributed by atoms with Crippen LogP contribution in [-0.2, 0) is 0 Å². The van der Waals surface area contributed by atoms with Crippen LogP contribution in [0.2, 0.25) is 0 Å². The Labute approximate surface area is 174 Å². The highest BCUT2D eigenvalue weighted by molar-refractivity contribution is 5.93. The van der Waals surface area contributed by atoms with Crippen molar-refractivity contribution in [3.8, 4) is 17.0 Å². The van der Waals surface area contributed by atoms with Gasteiger partial charge in [0.05, 0.1) is 23.7 Å². The third-order valence-electron chi connectivity index (χ3n) is 6.02. The van der Waals surface area contributed by atoms with Gasteiger partial charge in [-0.3, -0.25) is 4.79 Å². The number of aromatic nitrogens is 5. The molecule has 30 heavy (non-hydrogen) atoms. The smallest absolute Gasteiger partial charge is 0.262 e. The third-order valence-corrected chi connectivity index (χ3v) is 6.02. The van der Waals surface area contributed by atoms with Crippen LogP contribution in [0.1, 0.15) is 50.4 Å². The molecule has 154 valence electrons. The number of ether oxygens (including phenoxy) is 1. The monoisotopic (exact) mass is 403 g/mol. The minimum Gasteiger partial charge on any atom is -0.497 e. The second-order valence-corrected chi connectivity index (χ2v) is 8.00. The zero-order valence-electron chi connectivity index (χ0n) is 17.3. The van der Waals surface area contributed by atoms with E-state index in [1.165, 1.54) is 12.8 Å². The number of fused-ring (bicyclic) bond motifs is 2. The van der Waals surface area contributed by atoms with Crippen LogP contribution >= 0.6 is 0 Å². The Morgan fingerprint density at radius 1 is 1.07 bits per heavy atom. The van der Waals surface area contributed by atoms with Crippen LogP contribution in [0.5, 0.6) is 5.75 Å². The van der Waals surface area contributed by atoms with Crippen molar-refractivity contribution in [3.63, 3.8) is 0 Å². The molecule has 0 N–H and O–H groups in total. The molecule has 0 unspecified atom stereocenters. The van der Waals surface area contributed by atoms with Gasteiger partial charge in [0.2, 0.25) is 0 Å². The largest absolute Gasteiger partial charge is 0.497 e. The summed E-state index contributed by atoms with van der Waals surface area (Å²) in [5.41, 5.74) is 2.19. The minimum absolute atomic E-state index is 0.0141. The first-order chi connectivity index (χ1) is 14.7. The summed E-state index contributed by atoms with van der Waals surface area (Å²) in [5, 5.41) is 5.12. The molecule has 4 aromatic rings. The van der Waals surface area contributed by atoms with Gasteiger partial charge in [-0.1, -0.05) is 37.8 Å². The minimum atomic E-state index is -0.0141. The molecule has 5 rings (SSSR count). The third kappa shape index (κ3) is 3.14. The molecule has 1 saturated carbocycles. The maximum atomic E-state index is 13.8. The molecule has 0 bridgehead atoms. The molecule has 1 aliphatic carbocycles. The summed E-state index contributed by atoms with van der Waals surface area (Å²) in [6.45, 7) is 1.83. The van der Waals surface area contributed by atoms with E-state index in [1.54, 1.807) is 11.6 Å². The fraction of sp³-hybridized carbons (Fsp3) is 0.391. The number of methoxy groups -OCH3 is 1. The Kier molecular flexibility index (Phi) is 4.73. The van der Waals surface area contributed by atoms with E-state index >= 15 is 0 Å². The molecule has 1 fully saturated rings. The standard InChI is InChI=1S/C23H25N5O2/c1-15-24-23-25-19-12-13-27(17-9-5-3-4-6-10-17)22(29)20(19)21(28(23)26-15)16-8-7-11-18(14-16)30-2/h7-8,11-14,17H,3-6,9-10H2,1-2H3. The van der Waals surface area contributed by atoms with E-state index < -0.39 is 0 Å². The molecular formula is C23H25N5O2. The summed E-state index contributed by atoms with van der Waals surface area (Å²) < 4.78 is 9.02. The van der Waals surface area contributed by atoms with Gasteiger partial charge in [0.1, 0.15) is 11.6 Å². The van der Waals surface area contributed by atoms with E-state index in [4.69, 9.17) is 4.74 Å². The van der Waals surface area contributed by atoms with E-state index in [9.17, 15) is 4.79 Å². The maximum absolute atomic E-state index is 13.8. The van der Waals surface area contributed by atoms with Crippen LogP contribution in [0.4, 0.5) is 0 Å². The van der Waals surface area contributed by atoms with E-state index in [-0.39, 0.29) is 11.6 Å². The van der Waals surface area contributed by atoms with Crippen LogP contribution in [0, 0.1) is 6.92 Å². The van der Waals surface area contributed by atoms with Crippen molar-refractivity contribution >= 4 is 16.7 Å². The first-order valence-corrected chi connectivity index (χ1v) is 10.6. The van der Waals surface area contributed by atoms with Crippen molar-refractivity contribution in [2.75, 3.05) is 7.11 Å². The zero-order valence-corrected chi connectivity index (χ0v) is 17.3. The molecule has 0 radical (unpaired) electrons. The average molecular weight is 403 g/mol. The predicted octanol–water partition coefficient (Wildman–Crippen LogP) is 4.32. The van der Waals surface area contributed by atoms with Gasteiger partial charge in [-0.2, -0.15) is 9.50 Å². The number of benzene rings is 1. The van der Waals surface area contributed by atoms with Gasteiger partial charge < -0.3 is 9.30 Å². The second-order valence-electron chi connectivity index (χ2n) is 8.00. The quantitative estimate of drug-likeness (QED) is 0.476. The van der Waals surface area contributed by atoms with Crippen molar-refractivity contribution in [1.29, 1.82) is 0 Å². The lowest BCUT2D eigenvalue weighted by molar-refractivity contribution is 0.415. The number of aryl methyl sites for hydroxylation is 1. The fourth-order valence-electron chi connectivity index (χ4n) is 4.56. The predicted molar refractivity (Wildman–Crippen MR) is 116 cm³/mol. The number of nitrogens with zero attached hydrogens (tertiary/aromatic N) is 5. The van der Waals surface area contributed by atoms with Crippen LogP contribution in [0.3, 0.4) is 0 Å². The highest BCUT2D eigenvalue weighted by Gasteiger charge is 2.21. The molecular weight excluding hydrogens is 378 g/mol. The zero-order chi connectivity index (χ0) is 20.7. The number of rotatable bonds is 3. The summed E-state index contributed by atoms with van der Waals surface area (Å²) in [4.78, 5) is 22.9. The Morgan fingerprint density at radius 3 is 2.63 bits per heavy atom. The van der Waals surface area contributed by atoms with Gasteiger partial charge >= 0.3 is 0 Å². The van der Waals surface area contributed by atoms with Crippen molar-refractivity contribution in [2.24, 2.45) is 0 Å². The highest BCUT2D eigenvalue weighted by atomic mass is 16.5. The van der Waals surface area contributed by atoms with Crippen LogP contribution in [0.25, 0.3) is 27.9 Å². The van der Waals surface area contributed by atoms with Gasteiger partial charge in [0.25, 0.3) is 11.3 Å². The molecule has 1 aromatic carbocycles. The van der Waals surface area contributed by atoms with Crippen molar-refractivity contribution < 1.29 is 4.74 Å². The molecule has 3 aromatic heterocycles. The fourth-order valence-corrected chi connectivity index (χ4v) is 4.56. The van der Waals surface area contributed by atoms with Crippen molar-refractivity contribution in [3.05, 3.63) is 52.7 Å². The second kappa shape index (κ2) is 7.55. The first kappa shape index (κ1) is 18.8. The Hall–Kier alpha value is -3.22. The highest BCUT2D eigenvalue weighted by Crippen LogP contribution is 2.31. The van der Waals surface area contributed by atoms with Gasteiger partial charge in [0, 0.05) is 17.8 Å². The van der Waals surface area contributed by atoms with Crippen molar-refractivity contribution in [1.82, 2.24) is 24.1 Å². The average Bonchev–Trinajstić information content (AvgIpc) is 2.95. The number of hydrogen-bond acceptors (Lipinski definition) is 5. The lowest BCUT2D eigenvalue weighted by atomic mass is 10.1. The summed E-state index contributed by atoms with van der Waals surface area (Å²) in [7, 11) is 1.64. The molecule has 0 saturated heterocycles. The Morgan fingerprint density at radius 2 is 1.87 bits per heavy atom. The van der Waals surface area contributed by atoms with E-state index in [1.807, 2.05) is 48.0 Å². The SMILES string of the molecule is COc1cccc(-c2c3c(=O)n(C4CCCCCC4)ccc3nc3nc(C)nn23)c1. The van der Waals surface area contributed by atoms with Crippen LogP contribution in [-0.4, -0.2) is 31.3 Å². The molecule has 7 heteroatoms. The normalized spacial score (nSPS) is 15.5. The lowest BCUT2D eigenvalue weighted by Gasteiger charge is -2.19. The molecule has 0 amide bonds. The molecule has 1 aliphatic rings. The van der Waals surface area contributed by atoms with Crippen LogP contribution in [0.15, 0.2) is 41.3 Å². The number of pyridine rings is 1. The molecule has 0 spiro atoms. The summed E-state index contributed by atoms with van der Waals surface area (Å²) >= 11 is 0. The van der Waals surface area contributed by atoms with Gasteiger partial charge in [0.15, 0.2) is 0 Å². The Balaban J connectivity index is 1.83. The Bertz CT molecular complexity index is 1280. The topological polar surface area (TPSA) is 74.3 Å². The molecule has 7 nitrogen and oxygen atoms in total. The van der Waals surface area contributed by atoms with Crippen LogP contribution < -0.4 is 10.3 Å². The molecule has 0 aliphatic heterocycles. The number of hydrogen-bond donors (Lipinski definition) is 0. The summed E-state index contributed by atoms with van der Waals surface area (Å²) in [6.07, 6.45) is 8.80. The summed E-state index contributed by atoms with van der Waals surface area (Å²) in [6, 6.07) is 9.87.